The van der Waals surface area contributed by atoms with Crippen molar-refractivity contribution < 1.29 is 19.2 Å². The Morgan fingerprint density at radius 3 is 2.15 bits per heavy atom. The van der Waals surface area contributed by atoms with Crippen molar-refractivity contribution in [3.05, 3.63) is 83.4 Å². The molecule has 2 aromatic rings. The summed E-state index contributed by atoms with van der Waals surface area (Å²) in [6.45, 7) is 2.32. The molecule has 5 rings (SSSR count). The van der Waals surface area contributed by atoms with E-state index in [1.807, 2.05) is 73.7 Å². The Kier molecular flexibility index (Phi) is 8.78. The molecule has 0 bridgehead atoms. The number of carbonyl (C=O) groups excluding carboxylic acids is 4. The lowest BCUT2D eigenvalue weighted by molar-refractivity contribution is -0.144. The van der Waals surface area contributed by atoms with Gasteiger partial charge in [0, 0.05) is 32.0 Å². The summed E-state index contributed by atoms with van der Waals surface area (Å²) >= 11 is 0. The molecule has 40 heavy (non-hydrogen) atoms. The Morgan fingerprint density at radius 2 is 1.52 bits per heavy atom. The van der Waals surface area contributed by atoms with Crippen LogP contribution in [-0.4, -0.2) is 52.1 Å². The zero-order valence-corrected chi connectivity index (χ0v) is 23.3. The van der Waals surface area contributed by atoms with Crippen molar-refractivity contribution in [2.24, 2.45) is 11.8 Å². The summed E-state index contributed by atoms with van der Waals surface area (Å²) in [6.07, 6.45) is 9.51. The van der Waals surface area contributed by atoms with Crippen LogP contribution in [-0.2, 0) is 32.1 Å². The molecule has 7 heteroatoms. The molecule has 3 aliphatic rings. The molecule has 1 saturated carbocycles. The van der Waals surface area contributed by atoms with E-state index in [0.717, 1.165) is 42.4 Å². The summed E-state index contributed by atoms with van der Waals surface area (Å²) in [6, 6.07) is 17.1. The third-order valence-corrected chi connectivity index (χ3v) is 8.59. The lowest BCUT2D eigenvalue weighted by atomic mass is 9.85. The standard InChI is InChI=1S/C33H39N3O4/c1-23-15-17-25(18-16-23)22-36(30(37)19-20-35-32(39)27-13-7-8-14-28(27)33(35)40)29(21-24-9-3-2-4-10-24)31(38)34-26-11-5-6-12-26/h2-4,7-10,15-18,26-29H,5-6,11-14,19-22H2,1H3,(H,34,38)/t27-,28+,29-/m1/s1. The maximum atomic E-state index is 14.0. The van der Waals surface area contributed by atoms with Crippen LogP contribution in [0, 0.1) is 18.8 Å². The number of amides is 4. The molecule has 0 radical (unpaired) electrons. The Labute approximate surface area is 236 Å². The van der Waals surface area contributed by atoms with Crippen LogP contribution in [0.4, 0.5) is 0 Å². The average Bonchev–Trinajstić information content (AvgIpc) is 3.57. The molecule has 2 fully saturated rings. The minimum absolute atomic E-state index is 0.0157. The average molecular weight is 542 g/mol. The largest absolute Gasteiger partial charge is 0.352 e. The summed E-state index contributed by atoms with van der Waals surface area (Å²) in [5, 5.41) is 3.22. The van der Waals surface area contributed by atoms with Crippen molar-refractivity contribution in [2.75, 3.05) is 6.54 Å². The van der Waals surface area contributed by atoms with Crippen LogP contribution in [0.25, 0.3) is 0 Å². The minimum Gasteiger partial charge on any atom is -0.352 e. The maximum Gasteiger partial charge on any atom is 0.243 e. The molecule has 1 aliphatic heterocycles. The number of likely N-dealkylation sites (tertiary alicyclic amines) is 1. The predicted octanol–water partition coefficient (Wildman–Crippen LogP) is 4.34. The molecule has 1 heterocycles. The lowest BCUT2D eigenvalue weighted by Gasteiger charge is -2.33. The second-order valence-electron chi connectivity index (χ2n) is 11.4. The first-order valence-corrected chi connectivity index (χ1v) is 14.6. The van der Waals surface area contributed by atoms with Crippen LogP contribution in [0.15, 0.2) is 66.7 Å². The van der Waals surface area contributed by atoms with Crippen molar-refractivity contribution in [1.29, 1.82) is 0 Å². The number of hydrogen-bond donors (Lipinski definition) is 1. The van der Waals surface area contributed by atoms with Crippen LogP contribution in [0.1, 0.15) is 61.6 Å². The van der Waals surface area contributed by atoms with Crippen LogP contribution in [0.5, 0.6) is 0 Å². The van der Waals surface area contributed by atoms with Gasteiger partial charge in [0.1, 0.15) is 6.04 Å². The second-order valence-corrected chi connectivity index (χ2v) is 11.4. The molecule has 3 atom stereocenters. The number of fused-ring (bicyclic) bond motifs is 1. The first kappa shape index (κ1) is 27.8. The van der Waals surface area contributed by atoms with Gasteiger partial charge < -0.3 is 10.2 Å². The summed E-state index contributed by atoms with van der Waals surface area (Å²) in [5.74, 6) is -1.40. The van der Waals surface area contributed by atoms with Gasteiger partial charge in [-0.1, -0.05) is 85.2 Å². The molecule has 210 valence electrons. The van der Waals surface area contributed by atoms with Gasteiger partial charge in [0.15, 0.2) is 0 Å². The normalized spacial score (nSPS) is 21.4. The van der Waals surface area contributed by atoms with Crippen LogP contribution >= 0.6 is 0 Å². The Balaban J connectivity index is 1.38. The smallest absolute Gasteiger partial charge is 0.243 e. The van der Waals surface area contributed by atoms with E-state index in [2.05, 4.69) is 5.32 Å². The number of rotatable bonds is 10. The number of hydrogen-bond acceptors (Lipinski definition) is 4. The topological polar surface area (TPSA) is 86.8 Å². The fraction of sp³-hybridized carbons (Fsp3) is 0.455. The van der Waals surface area contributed by atoms with E-state index >= 15 is 0 Å². The summed E-state index contributed by atoms with van der Waals surface area (Å²) in [7, 11) is 0. The van der Waals surface area contributed by atoms with Crippen molar-refractivity contribution in [3.8, 4) is 0 Å². The van der Waals surface area contributed by atoms with Crippen molar-refractivity contribution >= 4 is 23.6 Å². The zero-order chi connectivity index (χ0) is 28.1. The molecule has 0 spiro atoms. The predicted molar refractivity (Wildman–Crippen MR) is 153 cm³/mol. The number of nitrogens with one attached hydrogen (secondary N) is 1. The number of benzene rings is 2. The van der Waals surface area contributed by atoms with Gasteiger partial charge in [0.25, 0.3) is 0 Å². The van der Waals surface area contributed by atoms with Gasteiger partial charge in [-0.3, -0.25) is 24.1 Å². The van der Waals surface area contributed by atoms with Gasteiger partial charge in [-0.2, -0.15) is 0 Å². The van der Waals surface area contributed by atoms with Crippen LogP contribution < -0.4 is 5.32 Å². The van der Waals surface area contributed by atoms with Crippen molar-refractivity contribution in [1.82, 2.24) is 15.1 Å². The first-order valence-electron chi connectivity index (χ1n) is 14.6. The Bertz CT molecular complexity index is 1220. The van der Waals surface area contributed by atoms with E-state index in [4.69, 9.17) is 0 Å². The number of aryl methyl sites for hydroxylation is 1. The number of carbonyl (C=O) groups is 4. The van der Waals surface area contributed by atoms with Crippen LogP contribution in [0.3, 0.4) is 0 Å². The summed E-state index contributed by atoms with van der Waals surface area (Å²) < 4.78 is 0. The third-order valence-electron chi connectivity index (χ3n) is 8.59. The molecule has 4 amide bonds. The molecule has 1 N–H and O–H groups in total. The quantitative estimate of drug-likeness (QED) is 0.358. The Morgan fingerprint density at radius 1 is 0.900 bits per heavy atom. The number of nitrogens with zero attached hydrogens (tertiary/aromatic N) is 2. The van der Waals surface area contributed by atoms with Gasteiger partial charge in [-0.05, 0) is 43.7 Å². The molecule has 0 unspecified atom stereocenters. The number of allylic oxidation sites excluding steroid dienone is 2. The van der Waals surface area contributed by atoms with E-state index in [1.165, 1.54) is 4.90 Å². The fourth-order valence-corrected chi connectivity index (χ4v) is 6.25. The van der Waals surface area contributed by atoms with Gasteiger partial charge in [-0.25, -0.2) is 0 Å². The van der Waals surface area contributed by atoms with Crippen LogP contribution in [0.2, 0.25) is 0 Å². The molecule has 7 nitrogen and oxygen atoms in total. The Hall–Kier alpha value is -3.74. The van der Waals surface area contributed by atoms with Crippen molar-refractivity contribution in [2.45, 2.75) is 76.9 Å². The highest BCUT2D eigenvalue weighted by molar-refractivity contribution is 6.05. The minimum atomic E-state index is -0.714. The van der Waals surface area contributed by atoms with Gasteiger partial charge in [-0.15, -0.1) is 0 Å². The van der Waals surface area contributed by atoms with Crippen molar-refractivity contribution in [3.63, 3.8) is 0 Å². The van der Waals surface area contributed by atoms with E-state index in [-0.39, 0.29) is 61.0 Å². The highest BCUT2D eigenvalue weighted by atomic mass is 16.2. The van der Waals surface area contributed by atoms with Gasteiger partial charge in [0.05, 0.1) is 11.8 Å². The number of imide groups is 1. The third kappa shape index (κ3) is 6.35. The fourth-order valence-electron chi connectivity index (χ4n) is 6.25. The molecule has 2 aliphatic carbocycles. The highest BCUT2D eigenvalue weighted by Crippen LogP contribution is 2.35. The SMILES string of the molecule is Cc1ccc(CN(C(=O)CCN2C(=O)[C@H]3CC=CC[C@H]3C2=O)[C@H](Cc2ccccc2)C(=O)NC2CCCC2)cc1. The molecular formula is C33H39N3O4. The van der Waals surface area contributed by atoms with Gasteiger partial charge >= 0.3 is 0 Å². The van der Waals surface area contributed by atoms with E-state index < -0.39 is 6.04 Å². The monoisotopic (exact) mass is 541 g/mol. The molecular weight excluding hydrogens is 502 g/mol. The maximum absolute atomic E-state index is 14.0. The van der Waals surface area contributed by atoms with E-state index in [1.54, 1.807) is 4.90 Å². The molecule has 1 saturated heterocycles. The first-order chi connectivity index (χ1) is 19.4. The van der Waals surface area contributed by atoms with Gasteiger partial charge in [0.2, 0.25) is 23.6 Å². The molecule has 2 aromatic carbocycles. The van der Waals surface area contributed by atoms with E-state index in [0.29, 0.717) is 19.3 Å². The molecule has 0 aromatic heterocycles. The summed E-state index contributed by atoms with van der Waals surface area (Å²) in [5.41, 5.74) is 3.01. The lowest BCUT2D eigenvalue weighted by Crippen LogP contribution is -2.52. The van der Waals surface area contributed by atoms with E-state index in [9.17, 15) is 19.2 Å². The second kappa shape index (κ2) is 12.6. The highest BCUT2D eigenvalue weighted by Gasteiger charge is 2.47. The zero-order valence-electron chi connectivity index (χ0n) is 23.3. The summed E-state index contributed by atoms with van der Waals surface area (Å²) in [4.78, 5) is 56.7.